The molecule has 0 aliphatic rings. The summed E-state index contributed by atoms with van der Waals surface area (Å²) in [5.74, 6) is -0.711. The minimum atomic E-state index is -4.50. The Hall–Kier alpha value is -2.89. The van der Waals surface area contributed by atoms with Crippen LogP contribution < -0.4 is 0 Å². The SMILES string of the molecule is CCOC(=O)c1cn(Cc2cncc(C(F)(F)F)c2)nc1C#N. The number of pyridine rings is 1. The van der Waals surface area contributed by atoms with Crippen molar-refractivity contribution in [1.82, 2.24) is 14.8 Å². The summed E-state index contributed by atoms with van der Waals surface area (Å²) in [4.78, 5) is 15.2. The van der Waals surface area contributed by atoms with E-state index in [0.717, 1.165) is 12.3 Å². The molecule has 120 valence electrons. The van der Waals surface area contributed by atoms with Gasteiger partial charge in [0.2, 0.25) is 0 Å². The van der Waals surface area contributed by atoms with E-state index in [1.807, 2.05) is 0 Å². The Balaban J connectivity index is 2.28. The van der Waals surface area contributed by atoms with Crippen molar-refractivity contribution in [2.75, 3.05) is 6.61 Å². The number of carbonyl (C=O) groups is 1. The molecule has 0 fully saturated rings. The molecule has 0 N–H and O–H groups in total. The number of aromatic nitrogens is 3. The van der Waals surface area contributed by atoms with Crippen LogP contribution in [0.15, 0.2) is 24.7 Å². The van der Waals surface area contributed by atoms with Crippen molar-refractivity contribution in [3.05, 3.63) is 47.0 Å². The molecule has 0 aliphatic carbocycles. The van der Waals surface area contributed by atoms with Crippen LogP contribution in [0.2, 0.25) is 0 Å². The molecule has 0 atom stereocenters. The fourth-order valence-electron chi connectivity index (χ4n) is 1.86. The van der Waals surface area contributed by atoms with E-state index in [1.165, 1.54) is 17.1 Å². The molecule has 0 saturated heterocycles. The van der Waals surface area contributed by atoms with E-state index in [2.05, 4.69) is 10.1 Å². The summed E-state index contributed by atoms with van der Waals surface area (Å²) in [6.07, 6.45) is -1.26. The highest BCUT2D eigenvalue weighted by molar-refractivity contribution is 5.91. The number of esters is 1. The monoisotopic (exact) mass is 324 g/mol. The first-order chi connectivity index (χ1) is 10.8. The number of nitriles is 1. The van der Waals surface area contributed by atoms with E-state index in [4.69, 9.17) is 10.00 Å². The van der Waals surface area contributed by atoms with Gasteiger partial charge in [0, 0.05) is 18.6 Å². The maximum absolute atomic E-state index is 12.7. The second-order valence-electron chi connectivity index (χ2n) is 4.50. The minimum absolute atomic E-state index is 0.0331. The molecule has 2 rings (SSSR count). The number of hydrogen-bond acceptors (Lipinski definition) is 5. The third-order valence-electron chi connectivity index (χ3n) is 2.83. The van der Waals surface area contributed by atoms with Crippen LogP contribution >= 0.6 is 0 Å². The van der Waals surface area contributed by atoms with E-state index < -0.39 is 17.7 Å². The summed E-state index contributed by atoms with van der Waals surface area (Å²) in [6, 6.07) is 2.68. The zero-order valence-corrected chi connectivity index (χ0v) is 12.0. The van der Waals surface area contributed by atoms with Gasteiger partial charge in [-0.05, 0) is 18.6 Å². The van der Waals surface area contributed by atoms with E-state index in [-0.39, 0.29) is 30.0 Å². The van der Waals surface area contributed by atoms with Crippen LogP contribution in [0.5, 0.6) is 0 Å². The molecule has 6 nitrogen and oxygen atoms in total. The van der Waals surface area contributed by atoms with Gasteiger partial charge < -0.3 is 4.74 Å². The molecule has 0 aliphatic heterocycles. The first-order valence-corrected chi connectivity index (χ1v) is 6.51. The highest BCUT2D eigenvalue weighted by atomic mass is 19.4. The fraction of sp³-hybridized carbons (Fsp3) is 0.286. The number of halogens is 3. The number of rotatable bonds is 4. The Labute approximate surface area is 129 Å². The van der Waals surface area contributed by atoms with Crippen molar-refractivity contribution in [2.24, 2.45) is 0 Å². The van der Waals surface area contributed by atoms with Gasteiger partial charge in [0.15, 0.2) is 5.69 Å². The van der Waals surface area contributed by atoms with Gasteiger partial charge in [-0.3, -0.25) is 9.67 Å². The largest absolute Gasteiger partial charge is 0.462 e. The molecule has 0 saturated carbocycles. The zero-order valence-electron chi connectivity index (χ0n) is 12.0. The molecule has 0 bridgehead atoms. The van der Waals surface area contributed by atoms with Crippen molar-refractivity contribution >= 4 is 5.97 Å². The smallest absolute Gasteiger partial charge is 0.417 e. The number of carbonyl (C=O) groups excluding carboxylic acids is 1. The molecular formula is C14H11F3N4O2. The van der Waals surface area contributed by atoms with Crippen molar-refractivity contribution < 1.29 is 22.7 Å². The number of nitrogens with zero attached hydrogens (tertiary/aromatic N) is 4. The summed E-state index contributed by atoms with van der Waals surface area (Å²) < 4.78 is 43.9. The Bertz CT molecular complexity index is 762. The molecule has 0 unspecified atom stereocenters. The van der Waals surface area contributed by atoms with Crippen LogP contribution in [-0.2, 0) is 17.5 Å². The molecule has 0 radical (unpaired) electrons. The summed E-state index contributed by atoms with van der Waals surface area (Å²) in [7, 11) is 0. The molecule has 2 aromatic rings. The van der Waals surface area contributed by atoms with Crippen molar-refractivity contribution in [2.45, 2.75) is 19.6 Å². The summed E-state index contributed by atoms with van der Waals surface area (Å²) in [6.45, 7) is 1.68. The van der Waals surface area contributed by atoms with Gasteiger partial charge in [-0.15, -0.1) is 0 Å². The quantitative estimate of drug-likeness (QED) is 0.807. The van der Waals surface area contributed by atoms with Gasteiger partial charge in [-0.25, -0.2) is 4.79 Å². The average molecular weight is 324 g/mol. The second-order valence-corrected chi connectivity index (χ2v) is 4.50. The first kappa shape index (κ1) is 16.5. The summed E-state index contributed by atoms with van der Waals surface area (Å²) in [5, 5.41) is 12.8. The lowest BCUT2D eigenvalue weighted by Crippen LogP contribution is -2.08. The maximum atomic E-state index is 12.7. The highest BCUT2D eigenvalue weighted by Gasteiger charge is 2.31. The highest BCUT2D eigenvalue weighted by Crippen LogP contribution is 2.29. The van der Waals surface area contributed by atoms with Crippen LogP contribution in [-0.4, -0.2) is 27.3 Å². The van der Waals surface area contributed by atoms with Crippen LogP contribution in [0.3, 0.4) is 0 Å². The molecule has 0 aromatic carbocycles. The Morgan fingerprint density at radius 3 is 2.78 bits per heavy atom. The Morgan fingerprint density at radius 2 is 2.17 bits per heavy atom. The second kappa shape index (κ2) is 6.48. The molecule has 0 amide bonds. The predicted octanol–water partition coefficient (Wildman–Crippen LogP) is 2.39. The summed E-state index contributed by atoms with van der Waals surface area (Å²) >= 11 is 0. The van der Waals surface area contributed by atoms with Gasteiger partial charge >= 0.3 is 12.1 Å². The molecule has 2 aromatic heterocycles. The van der Waals surface area contributed by atoms with Crippen molar-refractivity contribution in [3.8, 4) is 6.07 Å². The first-order valence-electron chi connectivity index (χ1n) is 6.51. The standard InChI is InChI=1S/C14H11F3N4O2/c1-2-23-13(22)11-8-21(20-12(11)4-18)7-9-3-10(6-19-5-9)14(15,16)17/h3,5-6,8H,2,7H2,1H3. The third kappa shape index (κ3) is 3.85. The Morgan fingerprint density at radius 1 is 1.43 bits per heavy atom. The third-order valence-corrected chi connectivity index (χ3v) is 2.83. The molecule has 0 spiro atoms. The van der Waals surface area contributed by atoms with E-state index in [1.54, 1.807) is 13.0 Å². The number of alkyl halides is 3. The van der Waals surface area contributed by atoms with Gasteiger partial charge in [0.1, 0.15) is 11.6 Å². The van der Waals surface area contributed by atoms with Crippen LogP contribution in [0.4, 0.5) is 13.2 Å². The lowest BCUT2D eigenvalue weighted by molar-refractivity contribution is -0.137. The number of hydrogen-bond donors (Lipinski definition) is 0. The number of ether oxygens (including phenoxy) is 1. The lowest BCUT2D eigenvalue weighted by atomic mass is 10.2. The van der Waals surface area contributed by atoms with Crippen molar-refractivity contribution in [3.63, 3.8) is 0 Å². The average Bonchev–Trinajstić information content (AvgIpc) is 2.90. The minimum Gasteiger partial charge on any atom is -0.462 e. The normalized spacial score (nSPS) is 11.1. The Kier molecular flexibility index (Phi) is 4.64. The van der Waals surface area contributed by atoms with Gasteiger partial charge in [0.25, 0.3) is 0 Å². The maximum Gasteiger partial charge on any atom is 0.417 e. The van der Waals surface area contributed by atoms with Crippen LogP contribution in [0.1, 0.15) is 34.1 Å². The fourth-order valence-corrected chi connectivity index (χ4v) is 1.86. The van der Waals surface area contributed by atoms with Gasteiger partial charge in [-0.2, -0.15) is 23.5 Å². The van der Waals surface area contributed by atoms with E-state index >= 15 is 0 Å². The van der Waals surface area contributed by atoms with Gasteiger partial charge in [-0.1, -0.05) is 0 Å². The molecule has 23 heavy (non-hydrogen) atoms. The lowest BCUT2D eigenvalue weighted by Gasteiger charge is -2.08. The van der Waals surface area contributed by atoms with E-state index in [9.17, 15) is 18.0 Å². The topological polar surface area (TPSA) is 80.8 Å². The summed E-state index contributed by atoms with van der Waals surface area (Å²) in [5.41, 5.74) is -0.826. The van der Waals surface area contributed by atoms with E-state index in [0.29, 0.717) is 0 Å². The van der Waals surface area contributed by atoms with Crippen LogP contribution in [0, 0.1) is 11.3 Å². The predicted molar refractivity (Wildman–Crippen MR) is 71.2 cm³/mol. The van der Waals surface area contributed by atoms with Gasteiger partial charge in [0.05, 0.1) is 18.7 Å². The molecule has 2 heterocycles. The van der Waals surface area contributed by atoms with Crippen molar-refractivity contribution in [1.29, 1.82) is 5.26 Å². The molecule has 9 heteroatoms. The molecular weight excluding hydrogens is 313 g/mol. The zero-order chi connectivity index (χ0) is 17.0. The van der Waals surface area contributed by atoms with Crippen LogP contribution in [0.25, 0.3) is 0 Å².